The minimum atomic E-state index is -0.573. The van der Waals surface area contributed by atoms with Crippen molar-refractivity contribution in [3.05, 3.63) is 94.6 Å². The summed E-state index contributed by atoms with van der Waals surface area (Å²) >= 11 is 6.59. The van der Waals surface area contributed by atoms with Crippen molar-refractivity contribution in [2.75, 3.05) is 20.6 Å². The number of nitrogens with zero attached hydrogens (tertiary/aromatic N) is 6. The van der Waals surface area contributed by atoms with E-state index in [4.69, 9.17) is 21.0 Å². The summed E-state index contributed by atoms with van der Waals surface area (Å²) in [4.78, 5) is 30.4. The largest absolute Gasteiger partial charge is 0.438 e. The molecule has 0 aliphatic carbocycles. The number of fused-ring (bicyclic) bond motifs is 3. The van der Waals surface area contributed by atoms with Crippen LogP contribution in [0.2, 0.25) is 5.02 Å². The molecular weight excluding hydrogens is 490 g/mol. The highest BCUT2D eigenvalue weighted by Crippen LogP contribution is 2.36. The number of aromatic amines is 1. The van der Waals surface area contributed by atoms with Crippen LogP contribution in [0.5, 0.6) is 0 Å². The lowest BCUT2D eigenvalue weighted by Crippen LogP contribution is -2.41. The highest BCUT2D eigenvalue weighted by Gasteiger charge is 2.38. The van der Waals surface area contributed by atoms with Crippen LogP contribution in [0.3, 0.4) is 0 Å². The number of benzene rings is 1. The van der Waals surface area contributed by atoms with Crippen molar-refractivity contribution in [1.82, 2.24) is 34.4 Å². The Morgan fingerprint density at radius 1 is 1.35 bits per heavy atom. The fourth-order valence-corrected chi connectivity index (χ4v) is 5.18. The van der Waals surface area contributed by atoms with Gasteiger partial charge in [0.05, 0.1) is 29.3 Å². The molecule has 0 saturated carbocycles. The van der Waals surface area contributed by atoms with Gasteiger partial charge in [-0.05, 0) is 44.3 Å². The van der Waals surface area contributed by atoms with Crippen molar-refractivity contribution < 1.29 is 9.21 Å². The van der Waals surface area contributed by atoms with Crippen molar-refractivity contribution in [2.45, 2.75) is 25.4 Å². The summed E-state index contributed by atoms with van der Waals surface area (Å²) in [5.41, 5.74) is 6.24. The smallest absolute Gasteiger partial charge is 0.258 e. The molecule has 1 aromatic carbocycles. The summed E-state index contributed by atoms with van der Waals surface area (Å²) in [6.07, 6.45) is 8.36. The number of oxazole rings is 1. The lowest BCUT2D eigenvalue weighted by atomic mass is 10.0. The Hall–Kier alpha value is -3.95. The van der Waals surface area contributed by atoms with Gasteiger partial charge < -0.3 is 19.2 Å². The first-order valence-corrected chi connectivity index (χ1v) is 12.4. The number of imidazole rings is 1. The summed E-state index contributed by atoms with van der Waals surface area (Å²) in [6, 6.07) is 7.12. The zero-order chi connectivity index (χ0) is 25.7. The maximum Gasteiger partial charge on any atom is 0.258 e. The van der Waals surface area contributed by atoms with Gasteiger partial charge in [-0.1, -0.05) is 23.7 Å². The van der Waals surface area contributed by atoms with Gasteiger partial charge in [-0.25, -0.2) is 14.5 Å². The van der Waals surface area contributed by atoms with E-state index in [1.807, 2.05) is 49.5 Å². The molecule has 1 aliphatic heterocycles. The summed E-state index contributed by atoms with van der Waals surface area (Å²) in [6.45, 7) is 4.96. The molecule has 0 unspecified atom stereocenters. The second kappa shape index (κ2) is 9.17. The van der Waals surface area contributed by atoms with Crippen LogP contribution >= 0.6 is 11.6 Å². The SMILES string of the molecule is C=CCc1ccc2oc([C@@H]3c4nc[nH]c4CCN3C(=O)c3cnn4cc(CN(C)C)c(Cl)cc34)nc2c1. The normalized spacial score (nSPS) is 15.6. The van der Waals surface area contributed by atoms with Crippen LogP contribution in [-0.2, 0) is 19.4 Å². The average Bonchev–Trinajstić information content (AvgIpc) is 3.61. The van der Waals surface area contributed by atoms with E-state index in [0.29, 0.717) is 47.1 Å². The summed E-state index contributed by atoms with van der Waals surface area (Å²) in [5, 5.41) is 5.05. The van der Waals surface area contributed by atoms with Crippen LogP contribution in [0, 0.1) is 0 Å². The number of carbonyl (C=O) groups excluding carboxylic acids is 1. The molecule has 5 aromatic rings. The van der Waals surface area contributed by atoms with Gasteiger partial charge in [-0.3, -0.25) is 4.79 Å². The van der Waals surface area contributed by atoms with Gasteiger partial charge in [-0.15, -0.1) is 6.58 Å². The van der Waals surface area contributed by atoms with Crippen LogP contribution in [-0.4, -0.2) is 60.9 Å². The van der Waals surface area contributed by atoms with Crippen molar-refractivity contribution >= 4 is 34.1 Å². The zero-order valence-corrected chi connectivity index (χ0v) is 21.4. The first-order valence-electron chi connectivity index (χ1n) is 12.1. The van der Waals surface area contributed by atoms with E-state index in [0.717, 1.165) is 34.5 Å². The standard InChI is InChI=1S/C27H26ClN7O2/c1-4-5-16-6-7-23-21(10-16)32-26(37-23)25-24-20(29-15-30-24)8-9-34(25)27(36)18-12-31-35-14-17(13-33(2)3)19(28)11-22(18)35/h4,6-7,10-12,14-15,25H,1,5,8-9,13H2,2-3H3,(H,29,30)/t25-/m0/s1. The van der Waals surface area contributed by atoms with E-state index in [1.165, 1.54) is 0 Å². The van der Waals surface area contributed by atoms with Crippen LogP contribution in [0.1, 0.15) is 44.8 Å². The van der Waals surface area contributed by atoms with Crippen molar-refractivity contribution in [3.8, 4) is 0 Å². The fraction of sp³-hybridized carbons (Fsp3) is 0.259. The molecule has 1 amide bonds. The lowest BCUT2D eigenvalue weighted by Gasteiger charge is -2.32. The van der Waals surface area contributed by atoms with E-state index in [9.17, 15) is 4.79 Å². The Balaban J connectivity index is 1.42. The maximum atomic E-state index is 14.0. The number of pyridine rings is 1. The van der Waals surface area contributed by atoms with E-state index < -0.39 is 6.04 Å². The number of hydrogen-bond acceptors (Lipinski definition) is 6. The Morgan fingerprint density at radius 3 is 3.03 bits per heavy atom. The summed E-state index contributed by atoms with van der Waals surface area (Å²) in [5.74, 6) is 0.245. The van der Waals surface area contributed by atoms with E-state index >= 15 is 0 Å². The second-order valence-corrected chi connectivity index (χ2v) is 9.94. The molecule has 0 fully saturated rings. The van der Waals surface area contributed by atoms with Crippen LogP contribution in [0.25, 0.3) is 16.6 Å². The number of rotatable bonds is 6. The van der Waals surface area contributed by atoms with Crippen molar-refractivity contribution in [3.63, 3.8) is 0 Å². The first-order chi connectivity index (χ1) is 17.9. The molecule has 0 bridgehead atoms. The van der Waals surface area contributed by atoms with E-state index in [-0.39, 0.29) is 5.91 Å². The predicted molar refractivity (Wildman–Crippen MR) is 141 cm³/mol. The van der Waals surface area contributed by atoms with Gasteiger partial charge in [0.2, 0.25) is 5.89 Å². The third-order valence-corrected chi connectivity index (χ3v) is 7.02. The van der Waals surface area contributed by atoms with Gasteiger partial charge in [0.25, 0.3) is 5.91 Å². The molecule has 6 rings (SSSR count). The number of hydrogen-bond donors (Lipinski definition) is 1. The van der Waals surface area contributed by atoms with E-state index in [1.54, 1.807) is 28.0 Å². The number of aromatic nitrogens is 5. The molecule has 0 spiro atoms. The highest BCUT2D eigenvalue weighted by atomic mass is 35.5. The average molecular weight is 516 g/mol. The molecule has 1 aliphatic rings. The molecule has 37 heavy (non-hydrogen) atoms. The number of H-pyrrole nitrogens is 1. The molecule has 188 valence electrons. The lowest BCUT2D eigenvalue weighted by molar-refractivity contribution is 0.0669. The Kier molecular flexibility index (Phi) is 5.81. The quantitative estimate of drug-likeness (QED) is 0.336. The van der Waals surface area contributed by atoms with Gasteiger partial charge >= 0.3 is 0 Å². The molecular formula is C27H26ClN7O2. The molecule has 10 heteroatoms. The number of allylic oxidation sites excluding steroid dienone is 1. The molecule has 0 radical (unpaired) electrons. The van der Waals surface area contributed by atoms with Gasteiger partial charge in [0.1, 0.15) is 5.52 Å². The Labute approximate surface area is 218 Å². The molecule has 1 atom stereocenters. The summed E-state index contributed by atoms with van der Waals surface area (Å²) < 4.78 is 7.90. The fourth-order valence-electron chi connectivity index (χ4n) is 4.96. The van der Waals surface area contributed by atoms with Gasteiger partial charge in [0.15, 0.2) is 11.6 Å². The third kappa shape index (κ3) is 4.10. The van der Waals surface area contributed by atoms with E-state index in [2.05, 4.69) is 21.6 Å². The third-order valence-electron chi connectivity index (χ3n) is 6.67. The summed E-state index contributed by atoms with van der Waals surface area (Å²) in [7, 11) is 3.95. The first kappa shape index (κ1) is 23.4. The topological polar surface area (TPSA) is 95.6 Å². The van der Waals surface area contributed by atoms with Crippen LogP contribution in [0.4, 0.5) is 0 Å². The second-order valence-electron chi connectivity index (χ2n) is 9.54. The Morgan fingerprint density at radius 2 is 2.22 bits per heavy atom. The monoisotopic (exact) mass is 515 g/mol. The maximum absolute atomic E-state index is 14.0. The van der Waals surface area contributed by atoms with Gasteiger partial charge in [0, 0.05) is 42.0 Å². The Bertz CT molecular complexity index is 1650. The number of halogens is 1. The number of amides is 1. The van der Waals surface area contributed by atoms with Crippen LogP contribution < -0.4 is 0 Å². The van der Waals surface area contributed by atoms with Crippen molar-refractivity contribution in [1.29, 1.82) is 0 Å². The van der Waals surface area contributed by atoms with Crippen molar-refractivity contribution in [2.24, 2.45) is 0 Å². The minimum Gasteiger partial charge on any atom is -0.438 e. The number of nitrogens with one attached hydrogen (secondary N) is 1. The number of carbonyl (C=O) groups is 1. The molecule has 9 nitrogen and oxygen atoms in total. The molecule has 5 heterocycles. The van der Waals surface area contributed by atoms with Gasteiger partial charge in [-0.2, -0.15) is 5.10 Å². The molecule has 4 aromatic heterocycles. The highest BCUT2D eigenvalue weighted by molar-refractivity contribution is 6.31. The minimum absolute atomic E-state index is 0.181. The molecule has 0 saturated heterocycles. The van der Waals surface area contributed by atoms with Crippen LogP contribution in [0.15, 0.2) is 60.1 Å². The predicted octanol–water partition coefficient (Wildman–Crippen LogP) is 4.43. The molecule has 1 N–H and O–H groups in total. The zero-order valence-electron chi connectivity index (χ0n) is 20.6.